The minimum atomic E-state index is -4.68. The van der Waals surface area contributed by atoms with E-state index in [2.05, 4.69) is 30.6 Å². The van der Waals surface area contributed by atoms with E-state index in [9.17, 15) is 27.9 Å². The number of hydrogen-bond acceptors (Lipinski definition) is 10. The number of rotatable bonds is 8. The van der Waals surface area contributed by atoms with Gasteiger partial charge in [0.05, 0.1) is 11.9 Å². The fourth-order valence-corrected chi connectivity index (χ4v) is 5.55. The van der Waals surface area contributed by atoms with Crippen molar-refractivity contribution in [1.82, 2.24) is 24.5 Å². The number of para-hydroxylation sites is 1. The number of imidazole rings is 1. The summed E-state index contributed by atoms with van der Waals surface area (Å²) < 4.78 is 67.5. The molecule has 0 bridgehead atoms. The predicted octanol–water partition coefficient (Wildman–Crippen LogP) is 5.04. The fraction of sp³-hybridized carbons (Fsp3) is 0.226. The molecule has 2 aromatic carbocycles. The molecule has 48 heavy (non-hydrogen) atoms. The average molecular weight is 664 g/mol. The number of fused-ring (bicyclic) bond motifs is 2. The van der Waals surface area contributed by atoms with Crippen LogP contribution in [0.5, 0.6) is 5.88 Å². The summed E-state index contributed by atoms with van der Waals surface area (Å²) in [6.07, 6.45) is -6.20. The number of alkyl halides is 3. The number of benzene rings is 2. The number of nitrogens with zero attached hydrogens (tertiary/aromatic N) is 5. The van der Waals surface area contributed by atoms with E-state index in [1.54, 1.807) is 30.3 Å². The lowest BCUT2D eigenvalue weighted by molar-refractivity contribution is -0.162. The molecular formula is C31H24F3N7O7. The number of carboxylic acids is 1. The molecule has 14 nitrogen and oxygen atoms in total. The van der Waals surface area contributed by atoms with Crippen molar-refractivity contribution >= 4 is 34.7 Å². The molecule has 7 rings (SSSR count). The molecule has 5 atom stereocenters. The Labute approximate surface area is 268 Å². The number of carbonyl (C=O) groups excluding carboxylic acids is 1. The first-order valence-electron chi connectivity index (χ1n) is 14.4. The third-order valence-electron chi connectivity index (χ3n) is 7.65. The topological polar surface area (TPSA) is 172 Å². The molecule has 2 amide bonds. The molecule has 17 heteroatoms. The number of anilines is 2. The van der Waals surface area contributed by atoms with Gasteiger partial charge < -0.3 is 29.4 Å². The Bertz CT molecular complexity index is 1980. The van der Waals surface area contributed by atoms with Gasteiger partial charge in [-0.1, -0.05) is 36.4 Å². The summed E-state index contributed by atoms with van der Waals surface area (Å²) in [5.41, 5.74) is -0.401. The zero-order valence-electron chi connectivity index (χ0n) is 24.4. The number of urea groups is 1. The lowest BCUT2D eigenvalue weighted by Crippen LogP contribution is -2.33. The molecule has 0 saturated carbocycles. The summed E-state index contributed by atoms with van der Waals surface area (Å²) in [5, 5.41) is 14.9. The molecule has 2 aliphatic rings. The Balaban J connectivity index is 1.19. The van der Waals surface area contributed by atoms with Crippen molar-refractivity contribution in [3.63, 3.8) is 0 Å². The van der Waals surface area contributed by atoms with Crippen LogP contribution >= 0.6 is 0 Å². The predicted molar refractivity (Wildman–Crippen MR) is 159 cm³/mol. The van der Waals surface area contributed by atoms with Gasteiger partial charge in [0.25, 0.3) is 0 Å². The standard InChI is InChI=1S/C31H24F3N7O7/c32-31(33,34)19-11-5-4-9-17(19)29-47-22-20(13-45-26-18(28(42)43)10-6-12-35-26)46-27(23(22)48-29)41-15-38-21-24(36-14-37-25(21)41)40-30(44)39-16-7-2-1-3-8-16/h1-12,14-15,20,22-23,27,29H,13H2,(H,42,43)(H2,36,37,39,40,44). The number of aromatic nitrogens is 5. The van der Waals surface area contributed by atoms with Crippen molar-refractivity contribution in [2.75, 3.05) is 17.2 Å². The van der Waals surface area contributed by atoms with Crippen molar-refractivity contribution in [2.45, 2.75) is 37.0 Å². The monoisotopic (exact) mass is 663 g/mol. The maximum Gasteiger partial charge on any atom is 0.416 e. The normalized spacial score (nSPS) is 21.9. The van der Waals surface area contributed by atoms with Gasteiger partial charge in [-0.3, -0.25) is 9.88 Å². The van der Waals surface area contributed by atoms with Crippen LogP contribution in [-0.4, -0.2) is 66.5 Å². The molecule has 246 valence electrons. The highest BCUT2D eigenvalue weighted by atomic mass is 19.4. The zero-order valence-corrected chi connectivity index (χ0v) is 24.4. The van der Waals surface area contributed by atoms with Crippen molar-refractivity contribution in [3.05, 3.63) is 102 Å². The quantitative estimate of drug-likeness (QED) is 0.203. The summed E-state index contributed by atoms with van der Waals surface area (Å²) in [7, 11) is 0. The second-order valence-corrected chi connectivity index (χ2v) is 10.6. The third-order valence-corrected chi connectivity index (χ3v) is 7.65. The summed E-state index contributed by atoms with van der Waals surface area (Å²) in [4.78, 5) is 41.2. The second kappa shape index (κ2) is 12.5. The van der Waals surface area contributed by atoms with E-state index < -0.39 is 54.6 Å². The maximum atomic E-state index is 13.9. The van der Waals surface area contributed by atoms with Crippen molar-refractivity contribution < 1.29 is 46.8 Å². The molecule has 3 N–H and O–H groups in total. The number of nitrogens with one attached hydrogen (secondary N) is 2. The van der Waals surface area contributed by atoms with Gasteiger partial charge in [-0.25, -0.2) is 29.5 Å². The van der Waals surface area contributed by atoms with Crippen molar-refractivity contribution in [1.29, 1.82) is 0 Å². The first-order chi connectivity index (χ1) is 23.2. The Morgan fingerprint density at radius 2 is 1.67 bits per heavy atom. The molecule has 5 unspecified atom stereocenters. The SMILES string of the molecule is O=C(Nc1ccccc1)Nc1ncnc2c1ncn2C1OC(COc2ncccc2C(=O)O)C2OC(c3ccccc3C(F)(F)F)OC21. The molecule has 0 aliphatic carbocycles. The largest absolute Gasteiger partial charge is 0.477 e. The van der Waals surface area contributed by atoms with E-state index in [-0.39, 0.29) is 40.6 Å². The number of pyridine rings is 1. The van der Waals surface area contributed by atoms with E-state index in [1.165, 1.54) is 53.8 Å². The van der Waals surface area contributed by atoms with Gasteiger partial charge in [0.2, 0.25) is 5.88 Å². The Morgan fingerprint density at radius 1 is 0.896 bits per heavy atom. The Kier molecular flexibility index (Phi) is 8.07. The van der Waals surface area contributed by atoms with E-state index in [1.807, 2.05) is 0 Å². The number of amides is 2. The van der Waals surface area contributed by atoms with E-state index in [4.69, 9.17) is 18.9 Å². The number of aromatic carboxylic acids is 1. The van der Waals surface area contributed by atoms with Crippen LogP contribution in [0.3, 0.4) is 0 Å². The highest BCUT2D eigenvalue weighted by Crippen LogP contribution is 2.47. The van der Waals surface area contributed by atoms with Gasteiger partial charge in [-0.05, 0) is 30.3 Å². The number of carboxylic acid groups (broad SMARTS) is 1. The molecule has 0 spiro atoms. The molecule has 5 heterocycles. The second-order valence-electron chi connectivity index (χ2n) is 10.6. The van der Waals surface area contributed by atoms with Crippen LogP contribution in [-0.2, 0) is 20.4 Å². The number of ether oxygens (including phenoxy) is 4. The van der Waals surface area contributed by atoms with Crippen LogP contribution in [0.25, 0.3) is 11.2 Å². The van der Waals surface area contributed by atoms with Gasteiger partial charge in [-0.15, -0.1) is 0 Å². The highest BCUT2D eigenvalue weighted by Gasteiger charge is 2.55. The summed E-state index contributed by atoms with van der Waals surface area (Å²) in [6.45, 7) is -0.292. The van der Waals surface area contributed by atoms with Gasteiger partial charge in [0.15, 0.2) is 29.5 Å². The minimum absolute atomic E-state index is 0.0820. The molecular weight excluding hydrogens is 639 g/mol. The molecule has 2 saturated heterocycles. The first-order valence-corrected chi connectivity index (χ1v) is 14.4. The first kappa shape index (κ1) is 31.0. The van der Waals surface area contributed by atoms with Crippen molar-refractivity contribution in [2.24, 2.45) is 0 Å². The molecule has 2 aliphatic heterocycles. The van der Waals surface area contributed by atoms with Crippen molar-refractivity contribution in [3.8, 4) is 5.88 Å². The van der Waals surface area contributed by atoms with Gasteiger partial charge >= 0.3 is 18.2 Å². The number of carbonyl (C=O) groups is 2. The third kappa shape index (κ3) is 5.96. The summed E-state index contributed by atoms with van der Waals surface area (Å²) >= 11 is 0. The summed E-state index contributed by atoms with van der Waals surface area (Å²) in [5.74, 6) is -1.37. The van der Waals surface area contributed by atoms with E-state index in [0.717, 1.165) is 6.07 Å². The maximum absolute atomic E-state index is 13.9. The Morgan fingerprint density at radius 3 is 2.46 bits per heavy atom. The highest BCUT2D eigenvalue weighted by molar-refractivity contribution is 6.02. The summed E-state index contributed by atoms with van der Waals surface area (Å²) in [6, 6.07) is 15.8. The molecule has 3 aromatic heterocycles. The average Bonchev–Trinajstić information content (AvgIpc) is 3.79. The molecule has 5 aromatic rings. The van der Waals surface area contributed by atoms with Crippen LogP contribution in [0.4, 0.5) is 29.5 Å². The number of hydrogen-bond donors (Lipinski definition) is 3. The van der Waals surface area contributed by atoms with Crippen LogP contribution in [0, 0.1) is 0 Å². The van der Waals surface area contributed by atoms with Gasteiger partial charge in [-0.2, -0.15) is 13.2 Å². The van der Waals surface area contributed by atoms with Crippen LogP contribution in [0.1, 0.15) is 34.0 Å². The van der Waals surface area contributed by atoms with Gasteiger partial charge in [0, 0.05) is 17.4 Å². The van der Waals surface area contributed by atoms with Crippen LogP contribution in [0.15, 0.2) is 85.6 Å². The van der Waals surface area contributed by atoms with Crippen LogP contribution in [0.2, 0.25) is 0 Å². The number of halogens is 3. The zero-order chi connectivity index (χ0) is 33.4. The van der Waals surface area contributed by atoms with Gasteiger partial charge in [0.1, 0.15) is 36.8 Å². The minimum Gasteiger partial charge on any atom is -0.477 e. The van der Waals surface area contributed by atoms with E-state index >= 15 is 0 Å². The smallest absolute Gasteiger partial charge is 0.416 e. The lowest BCUT2D eigenvalue weighted by Gasteiger charge is -2.23. The molecule has 2 fully saturated rings. The Hall–Kier alpha value is -5.65. The van der Waals surface area contributed by atoms with Crippen LogP contribution < -0.4 is 15.4 Å². The molecule has 0 radical (unpaired) electrons. The lowest BCUT2D eigenvalue weighted by atomic mass is 10.1. The van der Waals surface area contributed by atoms with E-state index in [0.29, 0.717) is 5.69 Å². The fourth-order valence-electron chi connectivity index (χ4n) is 5.55.